The van der Waals surface area contributed by atoms with E-state index in [1.54, 1.807) is 19.1 Å². The van der Waals surface area contributed by atoms with E-state index in [4.69, 9.17) is 4.74 Å². The van der Waals surface area contributed by atoms with Gasteiger partial charge in [0, 0.05) is 11.6 Å². The minimum Gasteiger partial charge on any atom is -0.480 e. The number of ether oxygens (including phenoxy) is 1. The average molecular weight is 464 g/mol. The summed E-state index contributed by atoms with van der Waals surface area (Å²) >= 11 is 0. The van der Waals surface area contributed by atoms with E-state index in [2.05, 4.69) is 29.6 Å². The Labute approximate surface area is 204 Å². The number of carbonyl (C=O) groups is 2. The second kappa shape index (κ2) is 9.47. The van der Waals surface area contributed by atoms with E-state index >= 15 is 0 Å². The van der Waals surface area contributed by atoms with Gasteiger partial charge in [-0.2, -0.15) is 0 Å². The van der Waals surface area contributed by atoms with Gasteiger partial charge in [-0.1, -0.05) is 84.9 Å². The molecule has 5 heteroatoms. The van der Waals surface area contributed by atoms with Crippen molar-refractivity contribution >= 4 is 17.6 Å². The molecule has 0 heterocycles. The fourth-order valence-electron chi connectivity index (χ4n) is 4.66. The highest BCUT2D eigenvalue weighted by molar-refractivity contribution is 5.98. The molecule has 1 atom stereocenters. The molecule has 1 aliphatic carbocycles. The Morgan fingerprint density at radius 1 is 0.829 bits per heavy atom. The Bertz CT molecular complexity index is 1350. The van der Waals surface area contributed by atoms with E-state index in [0.717, 1.165) is 22.3 Å². The van der Waals surface area contributed by atoms with Crippen LogP contribution < -0.4 is 5.32 Å². The van der Waals surface area contributed by atoms with Gasteiger partial charge in [-0.05, 0) is 52.4 Å². The first-order chi connectivity index (χ1) is 17.0. The fraction of sp³-hybridized carbons (Fsp3) is 0.133. The molecular formula is C30H25NO4. The highest BCUT2D eigenvalue weighted by Gasteiger charge is 2.29. The van der Waals surface area contributed by atoms with Crippen molar-refractivity contribution in [3.8, 4) is 22.3 Å². The molecule has 0 unspecified atom stereocenters. The Hall–Kier alpha value is -4.38. The lowest BCUT2D eigenvalue weighted by Gasteiger charge is -2.17. The molecule has 5 rings (SSSR count). The van der Waals surface area contributed by atoms with Crippen LogP contribution in [0.5, 0.6) is 0 Å². The summed E-state index contributed by atoms with van der Waals surface area (Å²) in [4.78, 5) is 24.7. The maximum atomic E-state index is 13.4. The Balaban J connectivity index is 1.45. The summed E-state index contributed by atoms with van der Waals surface area (Å²) in [5.41, 5.74) is 7.18. The summed E-state index contributed by atoms with van der Waals surface area (Å²) in [5.74, 6) is -1.46. The molecule has 2 N–H and O–H groups in total. The SMILES string of the molecule is C[C@H](Nc1ccc(-c2ccccc2)c(C(=O)OCC2c3ccccc3-c3ccccc32)c1)C(=O)O. The molecule has 0 spiro atoms. The van der Waals surface area contributed by atoms with Gasteiger partial charge in [0.15, 0.2) is 0 Å². The molecular weight excluding hydrogens is 438 g/mol. The third-order valence-corrected chi connectivity index (χ3v) is 6.42. The minimum atomic E-state index is -0.972. The zero-order chi connectivity index (χ0) is 24.4. The molecule has 35 heavy (non-hydrogen) atoms. The first kappa shape index (κ1) is 22.4. The summed E-state index contributed by atoms with van der Waals surface area (Å²) in [6.07, 6.45) is 0. The Morgan fingerprint density at radius 3 is 2.06 bits per heavy atom. The predicted molar refractivity (Wildman–Crippen MR) is 137 cm³/mol. The van der Waals surface area contributed by atoms with Gasteiger partial charge in [-0.25, -0.2) is 4.79 Å². The number of rotatable bonds is 7. The summed E-state index contributed by atoms with van der Waals surface area (Å²) in [5, 5.41) is 12.2. The second-order valence-corrected chi connectivity index (χ2v) is 8.66. The van der Waals surface area contributed by atoms with Gasteiger partial charge >= 0.3 is 11.9 Å². The number of aliphatic carboxylic acids is 1. The van der Waals surface area contributed by atoms with E-state index in [1.807, 2.05) is 60.7 Å². The lowest BCUT2D eigenvalue weighted by atomic mass is 9.97. The molecule has 0 saturated carbocycles. The van der Waals surface area contributed by atoms with Crippen molar-refractivity contribution in [2.45, 2.75) is 18.9 Å². The van der Waals surface area contributed by atoms with Crippen molar-refractivity contribution in [1.82, 2.24) is 0 Å². The van der Waals surface area contributed by atoms with E-state index in [9.17, 15) is 14.7 Å². The van der Waals surface area contributed by atoms with Crippen molar-refractivity contribution in [2.24, 2.45) is 0 Å². The summed E-state index contributed by atoms with van der Waals surface area (Å²) in [6, 6.07) is 30.5. The lowest BCUT2D eigenvalue weighted by molar-refractivity contribution is -0.137. The van der Waals surface area contributed by atoms with Gasteiger partial charge in [-0.15, -0.1) is 0 Å². The van der Waals surface area contributed by atoms with E-state index in [0.29, 0.717) is 11.3 Å². The van der Waals surface area contributed by atoms with Gasteiger partial charge in [0.2, 0.25) is 0 Å². The fourth-order valence-corrected chi connectivity index (χ4v) is 4.66. The lowest BCUT2D eigenvalue weighted by Crippen LogP contribution is -2.25. The number of hydrogen-bond acceptors (Lipinski definition) is 4. The molecule has 0 aromatic heterocycles. The maximum absolute atomic E-state index is 13.4. The molecule has 174 valence electrons. The highest BCUT2D eigenvalue weighted by Crippen LogP contribution is 2.44. The van der Waals surface area contributed by atoms with E-state index < -0.39 is 18.0 Å². The Kier molecular flexibility index (Phi) is 6.06. The number of carboxylic acid groups (broad SMARTS) is 1. The van der Waals surface area contributed by atoms with Crippen molar-refractivity contribution in [1.29, 1.82) is 0 Å². The van der Waals surface area contributed by atoms with Gasteiger partial charge < -0.3 is 15.2 Å². The third kappa shape index (κ3) is 4.41. The number of hydrogen-bond donors (Lipinski definition) is 2. The molecule has 0 bridgehead atoms. The number of benzene rings is 4. The van der Waals surface area contributed by atoms with Gasteiger partial charge in [0.25, 0.3) is 0 Å². The maximum Gasteiger partial charge on any atom is 0.338 e. The first-order valence-electron chi connectivity index (χ1n) is 11.6. The van der Waals surface area contributed by atoms with Crippen molar-refractivity contribution in [3.63, 3.8) is 0 Å². The number of anilines is 1. The van der Waals surface area contributed by atoms with Crippen LogP contribution in [0.1, 0.15) is 34.3 Å². The normalized spacial score (nSPS) is 12.9. The zero-order valence-corrected chi connectivity index (χ0v) is 19.3. The van der Waals surface area contributed by atoms with Crippen LogP contribution in [-0.2, 0) is 9.53 Å². The predicted octanol–water partition coefficient (Wildman–Crippen LogP) is 6.21. The van der Waals surface area contributed by atoms with Crippen LogP contribution >= 0.6 is 0 Å². The van der Waals surface area contributed by atoms with Crippen LogP contribution in [0, 0.1) is 0 Å². The monoisotopic (exact) mass is 463 g/mol. The zero-order valence-electron chi connectivity index (χ0n) is 19.3. The largest absolute Gasteiger partial charge is 0.480 e. The summed E-state index contributed by atoms with van der Waals surface area (Å²) in [6.45, 7) is 1.77. The van der Waals surface area contributed by atoms with Crippen LogP contribution in [0.4, 0.5) is 5.69 Å². The first-order valence-corrected chi connectivity index (χ1v) is 11.6. The van der Waals surface area contributed by atoms with Gasteiger partial charge in [0.05, 0.1) is 5.56 Å². The quantitative estimate of drug-likeness (QED) is 0.319. The molecule has 4 aromatic carbocycles. The summed E-state index contributed by atoms with van der Waals surface area (Å²) < 4.78 is 5.91. The van der Waals surface area contributed by atoms with Gasteiger partial charge in [0.1, 0.15) is 12.6 Å². The van der Waals surface area contributed by atoms with E-state index in [1.165, 1.54) is 11.1 Å². The third-order valence-electron chi connectivity index (χ3n) is 6.42. The standard InChI is InChI=1S/C30H25NO4/c1-19(29(32)33)31-21-15-16-22(20-9-3-2-4-10-20)27(17-21)30(34)35-18-28-25-13-7-5-11-23(25)24-12-6-8-14-26(24)28/h2-17,19,28,31H,18H2,1H3,(H,32,33)/t19-/m0/s1. The number of carbonyl (C=O) groups excluding carboxylic acids is 1. The topological polar surface area (TPSA) is 75.6 Å². The van der Waals surface area contributed by atoms with Crippen LogP contribution in [0.25, 0.3) is 22.3 Å². The molecule has 0 saturated heterocycles. The number of esters is 1. The van der Waals surface area contributed by atoms with E-state index in [-0.39, 0.29) is 12.5 Å². The Morgan fingerprint density at radius 2 is 1.43 bits per heavy atom. The molecule has 4 aromatic rings. The molecule has 0 radical (unpaired) electrons. The molecule has 1 aliphatic rings. The molecule has 0 aliphatic heterocycles. The number of nitrogens with one attached hydrogen (secondary N) is 1. The van der Waals surface area contributed by atoms with Crippen molar-refractivity contribution < 1.29 is 19.4 Å². The highest BCUT2D eigenvalue weighted by atomic mass is 16.5. The molecule has 0 amide bonds. The molecule has 5 nitrogen and oxygen atoms in total. The van der Waals surface area contributed by atoms with Crippen LogP contribution in [0.15, 0.2) is 97.1 Å². The number of fused-ring (bicyclic) bond motifs is 3. The van der Waals surface area contributed by atoms with Crippen LogP contribution in [0.3, 0.4) is 0 Å². The summed E-state index contributed by atoms with van der Waals surface area (Å²) in [7, 11) is 0. The smallest absolute Gasteiger partial charge is 0.338 e. The average Bonchev–Trinajstić information content (AvgIpc) is 3.21. The van der Waals surface area contributed by atoms with Gasteiger partial charge in [-0.3, -0.25) is 4.79 Å². The van der Waals surface area contributed by atoms with Crippen LogP contribution in [-0.4, -0.2) is 29.7 Å². The minimum absolute atomic E-state index is 0.0418. The number of carboxylic acids is 1. The van der Waals surface area contributed by atoms with Crippen molar-refractivity contribution in [3.05, 3.63) is 114 Å². The molecule has 0 fully saturated rings. The second-order valence-electron chi connectivity index (χ2n) is 8.66. The van der Waals surface area contributed by atoms with Crippen LogP contribution in [0.2, 0.25) is 0 Å². The van der Waals surface area contributed by atoms with Crippen molar-refractivity contribution in [2.75, 3.05) is 11.9 Å².